The number of carbonyl (C=O) groups is 2. The summed E-state index contributed by atoms with van der Waals surface area (Å²) in [4.78, 5) is 28.4. The van der Waals surface area contributed by atoms with Crippen LogP contribution in [0.25, 0.3) is 0 Å². The highest BCUT2D eigenvalue weighted by Gasteiger charge is 2.40. The first-order valence-corrected chi connectivity index (χ1v) is 11.5. The van der Waals surface area contributed by atoms with E-state index in [1.807, 2.05) is 17.0 Å². The predicted octanol–water partition coefficient (Wildman–Crippen LogP) is 4.96. The largest absolute Gasteiger partial charge is 0.372 e. The van der Waals surface area contributed by atoms with Crippen LogP contribution in [-0.4, -0.2) is 33.9 Å². The van der Waals surface area contributed by atoms with Crippen molar-refractivity contribution in [2.45, 2.75) is 50.8 Å². The first kappa shape index (κ1) is 22.7. The van der Waals surface area contributed by atoms with Crippen LogP contribution >= 0.6 is 0 Å². The summed E-state index contributed by atoms with van der Waals surface area (Å²) in [6.07, 6.45) is 3.17. The van der Waals surface area contributed by atoms with Crippen LogP contribution in [0.5, 0.6) is 0 Å². The highest BCUT2D eigenvalue weighted by atomic mass is 16.3. The van der Waals surface area contributed by atoms with E-state index in [1.54, 1.807) is 72.8 Å². The van der Waals surface area contributed by atoms with Gasteiger partial charge in [-0.2, -0.15) is 0 Å². The molecule has 5 heteroatoms. The molecule has 0 saturated carbocycles. The van der Waals surface area contributed by atoms with Gasteiger partial charge in [-0.25, -0.2) is 0 Å². The maximum absolute atomic E-state index is 13.4. The number of hydrogen-bond acceptors (Lipinski definition) is 3. The third-order valence-electron chi connectivity index (χ3n) is 6.53. The Morgan fingerprint density at radius 2 is 1.30 bits per heavy atom. The Hall–Kier alpha value is -3.44. The zero-order valence-electron chi connectivity index (χ0n) is 19.1. The second-order valence-electron chi connectivity index (χ2n) is 8.82. The van der Waals surface area contributed by atoms with Crippen molar-refractivity contribution in [3.63, 3.8) is 0 Å². The van der Waals surface area contributed by atoms with E-state index in [9.17, 15) is 14.7 Å². The molecule has 0 spiro atoms. The summed E-state index contributed by atoms with van der Waals surface area (Å²) in [5.41, 5.74) is 0.217. The average molecular weight is 443 g/mol. The number of hydrogen-bond donors (Lipinski definition) is 2. The number of nitrogens with one attached hydrogen (secondary N) is 1. The Morgan fingerprint density at radius 3 is 1.79 bits per heavy atom. The van der Waals surface area contributed by atoms with E-state index in [-0.39, 0.29) is 18.0 Å². The van der Waals surface area contributed by atoms with Gasteiger partial charge in [-0.1, -0.05) is 60.7 Å². The van der Waals surface area contributed by atoms with Gasteiger partial charge in [-0.05, 0) is 68.5 Å². The van der Waals surface area contributed by atoms with Gasteiger partial charge in [-0.15, -0.1) is 0 Å². The van der Waals surface area contributed by atoms with Crippen molar-refractivity contribution in [2.75, 3.05) is 5.32 Å². The monoisotopic (exact) mass is 442 g/mol. The minimum atomic E-state index is -1.85. The molecule has 2 atom stereocenters. The maximum atomic E-state index is 13.4. The molecular weight excluding hydrogens is 412 g/mol. The molecule has 1 saturated heterocycles. The maximum Gasteiger partial charge on any atom is 0.265 e. The molecule has 2 N–H and O–H groups in total. The van der Waals surface area contributed by atoms with Crippen molar-refractivity contribution in [2.24, 2.45) is 0 Å². The molecule has 0 aromatic heterocycles. The van der Waals surface area contributed by atoms with Crippen LogP contribution in [0, 0.1) is 0 Å². The van der Waals surface area contributed by atoms with Crippen LogP contribution in [-0.2, 0) is 10.4 Å². The Kier molecular flexibility index (Phi) is 6.61. The van der Waals surface area contributed by atoms with E-state index in [0.29, 0.717) is 22.4 Å². The van der Waals surface area contributed by atoms with Gasteiger partial charge in [0.25, 0.3) is 11.8 Å². The third kappa shape index (κ3) is 4.55. The summed E-state index contributed by atoms with van der Waals surface area (Å²) in [6, 6.07) is 25.1. The van der Waals surface area contributed by atoms with Gasteiger partial charge in [0.1, 0.15) is 0 Å². The van der Waals surface area contributed by atoms with Crippen LogP contribution < -0.4 is 5.32 Å². The van der Waals surface area contributed by atoms with Crippen molar-refractivity contribution >= 4 is 17.5 Å². The number of rotatable bonds is 5. The minimum Gasteiger partial charge on any atom is -0.372 e. The second kappa shape index (κ2) is 9.59. The van der Waals surface area contributed by atoms with Gasteiger partial charge in [-0.3, -0.25) is 9.59 Å². The quantitative estimate of drug-likeness (QED) is 0.587. The Balaban J connectivity index is 1.56. The van der Waals surface area contributed by atoms with Crippen LogP contribution in [0.2, 0.25) is 0 Å². The number of piperidine rings is 1. The molecule has 33 heavy (non-hydrogen) atoms. The van der Waals surface area contributed by atoms with Gasteiger partial charge in [0, 0.05) is 23.3 Å². The SMILES string of the molecule is C[C@@H]1CCC[C@@H](C)N1C(=O)c1ccc(NC(=O)C(O)(c2ccccc2)c2ccccc2)cc1. The molecule has 4 rings (SSSR count). The number of benzene rings is 3. The summed E-state index contributed by atoms with van der Waals surface area (Å²) in [5.74, 6) is -0.546. The highest BCUT2D eigenvalue weighted by Crippen LogP contribution is 2.31. The summed E-state index contributed by atoms with van der Waals surface area (Å²) >= 11 is 0. The van der Waals surface area contributed by atoms with Gasteiger partial charge in [0.15, 0.2) is 5.60 Å². The lowest BCUT2D eigenvalue weighted by molar-refractivity contribution is -0.131. The molecule has 2 amide bonds. The number of likely N-dealkylation sites (tertiary alicyclic amines) is 1. The molecule has 0 unspecified atom stereocenters. The lowest BCUT2D eigenvalue weighted by Gasteiger charge is -2.39. The van der Waals surface area contributed by atoms with Crippen LogP contribution in [0.3, 0.4) is 0 Å². The number of carbonyl (C=O) groups excluding carboxylic acids is 2. The zero-order valence-corrected chi connectivity index (χ0v) is 19.1. The lowest BCUT2D eigenvalue weighted by Crippen LogP contribution is -2.47. The summed E-state index contributed by atoms with van der Waals surface area (Å²) in [7, 11) is 0. The molecule has 170 valence electrons. The minimum absolute atomic E-state index is 0.0117. The molecule has 5 nitrogen and oxygen atoms in total. The van der Waals surface area contributed by atoms with Crippen LogP contribution in [0.4, 0.5) is 5.69 Å². The summed E-state index contributed by atoms with van der Waals surface area (Å²) in [5, 5.41) is 14.4. The molecule has 3 aromatic carbocycles. The topological polar surface area (TPSA) is 69.6 Å². The highest BCUT2D eigenvalue weighted by molar-refractivity contribution is 6.01. The molecular formula is C28H30N2O3. The molecule has 1 heterocycles. The van der Waals surface area contributed by atoms with Crippen molar-refractivity contribution in [1.29, 1.82) is 0 Å². The lowest BCUT2D eigenvalue weighted by atomic mass is 9.85. The van der Waals surface area contributed by atoms with Gasteiger partial charge in [0.05, 0.1) is 0 Å². The Labute approximate surface area is 195 Å². The zero-order chi connectivity index (χ0) is 23.4. The first-order chi connectivity index (χ1) is 15.9. The standard InChI is InChI=1S/C28H30N2O3/c1-20-10-9-11-21(2)30(20)26(31)22-16-18-25(19-17-22)29-27(32)28(33,23-12-5-3-6-13-23)24-14-7-4-8-15-24/h3-8,12-21,33H,9-11H2,1-2H3,(H,29,32)/t20-,21-/m1/s1. The van der Waals surface area contributed by atoms with E-state index >= 15 is 0 Å². The van der Waals surface area contributed by atoms with E-state index in [1.165, 1.54) is 0 Å². The predicted molar refractivity (Wildman–Crippen MR) is 130 cm³/mol. The van der Waals surface area contributed by atoms with E-state index in [0.717, 1.165) is 19.3 Å². The average Bonchev–Trinajstić information content (AvgIpc) is 2.85. The van der Waals surface area contributed by atoms with Gasteiger partial charge < -0.3 is 15.3 Å². The molecule has 1 aliphatic rings. The number of amides is 2. The Morgan fingerprint density at radius 1 is 0.818 bits per heavy atom. The first-order valence-electron chi connectivity index (χ1n) is 11.5. The fourth-order valence-corrected chi connectivity index (χ4v) is 4.68. The van der Waals surface area contributed by atoms with Gasteiger partial charge >= 0.3 is 0 Å². The van der Waals surface area contributed by atoms with Crippen LogP contribution in [0.15, 0.2) is 84.9 Å². The molecule has 1 fully saturated rings. The normalized spacial score (nSPS) is 18.6. The van der Waals surface area contributed by atoms with Crippen molar-refractivity contribution in [3.05, 3.63) is 102 Å². The van der Waals surface area contributed by atoms with Crippen molar-refractivity contribution < 1.29 is 14.7 Å². The molecule has 0 radical (unpaired) electrons. The summed E-state index contributed by atoms with van der Waals surface area (Å²) in [6.45, 7) is 4.19. The van der Waals surface area contributed by atoms with Crippen molar-refractivity contribution in [3.8, 4) is 0 Å². The molecule has 0 bridgehead atoms. The van der Waals surface area contributed by atoms with Gasteiger partial charge in [0.2, 0.25) is 0 Å². The molecule has 0 aliphatic carbocycles. The van der Waals surface area contributed by atoms with Crippen molar-refractivity contribution in [1.82, 2.24) is 4.90 Å². The smallest absolute Gasteiger partial charge is 0.265 e. The fraction of sp³-hybridized carbons (Fsp3) is 0.286. The summed E-state index contributed by atoms with van der Waals surface area (Å²) < 4.78 is 0. The Bertz CT molecular complexity index is 1050. The molecule has 3 aromatic rings. The third-order valence-corrected chi connectivity index (χ3v) is 6.53. The van der Waals surface area contributed by atoms with E-state index < -0.39 is 11.5 Å². The second-order valence-corrected chi connectivity index (χ2v) is 8.82. The van der Waals surface area contributed by atoms with Crippen LogP contribution in [0.1, 0.15) is 54.6 Å². The molecule has 1 aliphatic heterocycles. The van der Waals surface area contributed by atoms with E-state index in [4.69, 9.17) is 0 Å². The number of nitrogens with zero attached hydrogens (tertiary/aromatic N) is 1. The van der Waals surface area contributed by atoms with E-state index in [2.05, 4.69) is 19.2 Å². The number of anilines is 1. The fourth-order valence-electron chi connectivity index (χ4n) is 4.68. The number of aliphatic hydroxyl groups is 1.